The van der Waals surface area contributed by atoms with E-state index in [1.165, 1.54) is 0 Å². The van der Waals surface area contributed by atoms with Crippen molar-refractivity contribution in [1.82, 2.24) is 0 Å². The van der Waals surface area contributed by atoms with Gasteiger partial charge < -0.3 is 4.90 Å². The lowest BCUT2D eigenvalue weighted by Crippen LogP contribution is -2.32. The molecule has 2 aliphatic heterocycles. The van der Waals surface area contributed by atoms with Crippen molar-refractivity contribution in [3.8, 4) is 0 Å². The van der Waals surface area contributed by atoms with Crippen molar-refractivity contribution in [1.29, 1.82) is 0 Å². The highest BCUT2D eigenvalue weighted by atomic mass is 35.5. The van der Waals surface area contributed by atoms with Crippen molar-refractivity contribution in [3.63, 3.8) is 0 Å². The van der Waals surface area contributed by atoms with Crippen LogP contribution in [0.5, 0.6) is 0 Å². The quantitative estimate of drug-likeness (QED) is 0.890. The molecule has 0 fully saturated rings. The van der Waals surface area contributed by atoms with Crippen molar-refractivity contribution < 1.29 is 13.2 Å². The fourth-order valence-corrected chi connectivity index (χ4v) is 4.97. The molecule has 0 saturated heterocycles. The summed E-state index contributed by atoms with van der Waals surface area (Å²) in [5.41, 5.74) is 2.95. The van der Waals surface area contributed by atoms with Gasteiger partial charge in [0, 0.05) is 6.54 Å². The van der Waals surface area contributed by atoms with Crippen LogP contribution in [0.15, 0.2) is 41.3 Å². The Morgan fingerprint density at radius 1 is 1.24 bits per heavy atom. The van der Waals surface area contributed by atoms with E-state index in [2.05, 4.69) is 4.72 Å². The Balaban J connectivity index is 1.80. The molecule has 0 unspecified atom stereocenters. The number of para-hydroxylation sites is 1. The number of aryl methyl sites for hydroxylation is 1. The summed E-state index contributed by atoms with van der Waals surface area (Å²) < 4.78 is 28.2. The van der Waals surface area contributed by atoms with Crippen LogP contribution in [-0.4, -0.2) is 20.9 Å². The molecule has 1 N–H and O–H groups in total. The Morgan fingerprint density at radius 3 is 2.76 bits per heavy atom. The highest BCUT2D eigenvalue weighted by molar-refractivity contribution is 7.92. The number of carbonyl (C=O) groups excluding carboxylic acids is 1. The average Bonchev–Trinajstić information content (AvgIpc) is 2.84. The predicted molar refractivity (Wildman–Crippen MR) is 97.8 cm³/mol. The maximum absolute atomic E-state index is 12.8. The Hall–Kier alpha value is -2.05. The van der Waals surface area contributed by atoms with E-state index >= 15 is 0 Å². The van der Waals surface area contributed by atoms with Crippen LogP contribution in [0.3, 0.4) is 0 Å². The second kappa shape index (κ2) is 5.75. The van der Waals surface area contributed by atoms with Crippen molar-refractivity contribution in [2.45, 2.75) is 30.6 Å². The lowest BCUT2D eigenvalue weighted by Gasteiger charge is -2.26. The van der Waals surface area contributed by atoms with Crippen LogP contribution in [0.1, 0.15) is 30.4 Å². The SMILES string of the molecule is C[C@H]1C(=O)N2CCCc3cc(S(=O)(=O)Nc4ccccc4Cl)cc1c32. The maximum Gasteiger partial charge on any atom is 0.261 e. The van der Waals surface area contributed by atoms with Crippen LogP contribution < -0.4 is 9.62 Å². The molecule has 0 bridgehead atoms. The van der Waals surface area contributed by atoms with E-state index in [1.807, 2.05) is 6.92 Å². The molecule has 1 atom stereocenters. The number of nitrogens with zero attached hydrogens (tertiary/aromatic N) is 1. The molecule has 7 heteroatoms. The highest BCUT2D eigenvalue weighted by Gasteiger charge is 2.38. The summed E-state index contributed by atoms with van der Waals surface area (Å²) in [4.78, 5) is 14.4. The Morgan fingerprint density at radius 2 is 2.00 bits per heavy atom. The van der Waals surface area contributed by atoms with Gasteiger partial charge in [0.1, 0.15) is 0 Å². The van der Waals surface area contributed by atoms with E-state index in [1.54, 1.807) is 41.3 Å². The minimum atomic E-state index is -3.79. The number of hydrogen-bond acceptors (Lipinski definition) is 3. The molecular weight excluding hydrogens is 360 g/mol. The highest BCUT2D eigenvalue weighted by Crippen LogP contribution is 2.44. The van der Waals surface area contributed by atoms with E-state index in [0.29, 0.717) is 17.3 Å². The van der Waals surface area contributed by atoms with E-state index in [9.17, 15) is 13.2 Å². The molecule has 2 aromatic rings. The standard InChI is InChI=1S/C18H17ClN2O3S/c1-11-14-10-13(9-12-5-4-8-21(17(12)14)18(11)22)25(23,24)20-16-7-3-2-6-15(16)19/h2-3,6-7,9-11,20H,4-5,8H2,1H3/t11-/m1/s1. The maximum atomic E-state index is 12.8. The summed E-state index contributed by atoms with van der Waals surface area (Å²) in [6.07, 6.45) is 1.61. The monoisotopic (exact) mass is 376 g/mol. The number of amides is 1. The predicted octanol–water partition coefficient (Wildman–Crippen LogP) is 3.54. The molecule has 0 spiro atoms. The third-order valence-corrected chi connectivity index (χ3v) is 6.50. The van der Waals surface area contributed by atoms with Crippen molar-refractivity contribution in [2.75, 3.05) is 16.2 Å². The number of hydrogen-bond donors (Lipinski definition) is 1. The number of nitrogens with one attached hydrogen (secondary N) is 1. The molecule has 2 heterocycles. The zero-order chi connectivity index (χ0) is 17.8. The van der Waals surface area contributed by atoms with Crippen LogP contribution in [0.25, 0.3) is 0 Å². The van der Waals surface area contributed by atoms with Crippen LogP contribution in [0, 0.1) is 0 Å². The molecule has 5 nitrogen and oxygen atoms in total. The van der Waals surface area contributed by atoms with E-state index < -0.39 is 10.0 Å². The second-order valence-corrected chi connectivity index (χ2v) is 8.51. The first-order valence-corrected chi connectivity index (χ1v) is 10.00. The molecule has 25 heavy (non-hydrogen) atoms. The van der Waals surface area contributed by atoms with Gasteiger partial charge in [0.2, 0.25) is 5.91 Å². The van der Waals surface area contributed by atoms with Crippen LogP contribution in [0.2, 0.25) is 5.02 Å². The third-order valence-electron chi connectivity index (χ3n) is 4.82. The molecule has 0 radical (unpaired) electrons. The smallest absolute Gasteiger partial charge is 0.261 e. The number of rotatable bonds is 3. The zero-order valence-corrected chi connectivity index (χ0v) is 15.2. The van der Waals surface area contributed by atoms with Crippen molar-refractivity contribution >= 4 is 38.9 Å². The summed E-state index contributed by atoms with van der Waals surface area (Å²) >= 11 is 6.06. The lowest BCUT2D eigenvalue weighted by molar-refractivity contribution is -0.119. The van der Waals surface area contributed by atoms with Crippen LogP contribution in [0.4, 0.5) is 11.4 Å². The van der Waals surface area contributed by atoms with Crippen molar-refractivity contribution in [2.24, 2.45) is 0 Å². The average molecular weight is 377 g/mol. The van der Waals surface area contributed by atoms with Gasteiger partial charge in [-0.05, 0) is 55.2 Å². The summed E-state index contributed by atoms with van der Waals surface area (Å²) in [6.45, 7) is 2.53. The van der Waals surface area contributed by atoms with E-state index in [-0.39, 0.29) is 16.7 Å². The van der Waals surface area contributed by atoms with Gasteiger partial charge in [0.05, 0.1) is 27.2 Å². The van der Waals surface area contributed by atoms with Gasteiger partial charge in [-0.3, -0.25) is 9.52 Å². The fourth-order valence-electron chi connectivity index (χ4n) is 3.57. The van der Waals surface area contributed by atoms with Gasteiger partial charge >= 0.3 is 0 Å². The number of sulfonamides is 1. The Kier molecular flexibility index (Phi) is 3.77. The summed E-state index contributed by atoms with van der Waals surface area (Å²) in [5.74, 6) is -0.271. The molecule has 0 saturated carbocycles. The number of carbonyl (C=O) groups is 1. The molecule has 2 aliphatic rings. The van der Waals surface area contributed by atoms with Gasteiger partial charge in [0.15, 0.2) is 0 Å². The topological polar surface area (TPSA) is 66.5 Å². The minimum Gasteiger partial charge on any atom is -0.311 e. The zero-order valence-electron chi connectivity index (χ0n) is 13.6. The molecule has 2 aromatic carbocycles. The number of anilines is 2. The Bertz CT molecular complexity index is 988. The summed E-state index contributed by atoms with van der Waals surface area (Å²) in [5, 5.41) is 0.336. The van der Waals surface area contributed by atoms with Crippen LogP contribution >= 0.6 is 11.6 Å². The van der Waals surface area contributed by atoms with Gasteiger partial charge in [-0.2, -0.15) is 0 Å². The molecule has 1 amide bonds. The second-order valence-electron chi connectivity index (χ2n) is 6.42. The number of benzene rings is 2. The van der Waals surface area contributed by atoms with Gasteiger partial charge in [-0.25, -0.2) is 8.42 Å². The first-order chi connectivity index (χ1) is 11.9. The van der Waals surface area contributed by atoms with Gasteiger partial charge in [-0.1, -0.05) is 23.7 Å². The largest absolute Gasteiger partial charge is 0.311 e. The number of halogens is 1. The summed E-state index contributed by atoms with van der Waals surface area (Å²) in [7, 11) is -3.79. The minimum absolute atomic E-state index is 0.0459. The third kappa shape index (κ3) is 2.60. The van der Waals surface area contributed by atoms with Crippen LogP contribution in [-0.2, 0) is 21.2 Å². The van der Waals surface area contributed by atoms with E-state index in [4.69, 9.17) is 11.6 Å². The van der Waals surface area contributed by atoms with Gasteiger partial charge in [0.25, 0.3) is 10.0 Å². The lowest BCUT2D eigenvalue weighted by atomic mass is 9.97. The summed E-state index contributed by atoms with van der Waals surface area (Å²) in [6, 6.07) is 9.99. The first kappa shape index (κ1) is 16.4. The Labute approximate surface area is 151 Å². The normalized spacial score (nSPS) is 19.0. The van der Waals surface area contributed by atoms with Gasteiger partial charge in [-0.15, -0.1) is 0 Å². The molecule has 0 aliphatic carbocycles. The molecule has 0 aromatic heterocycles. The van der Waals surface area contributed by atoms with E-state index in [0.717, 1.165) is 29.7 Å². The molecular formula is C18H17ClN2O3S. The molecule has 4 rings (SSSR count). The van der Waals surface area contributed by atoms with Crippen molar-refractivity contribution in [3.05, 3.63) is 52.5 Å². The fraction of sp³-hybridized carbons (Fsp3) is 0.278. The first-order valence-electron chi connectivity index (χ1n) is 8.14. The molecule has 130 valence electrons.